The largest absolute Gasteiger partial charge is 0.396 e. The predicted octanol–water partition coefficient (Wildman–Crippen LogP) is 3.65. The van der Waals surface area contributed by atoms with Crippen molar-refractivity contribution in [3.8, 4) is 11.5 Å². The van der Waals surface area contributed by atoms with Gasteiger partial charge in [0.15, 0.2) is 0 Å². The molecule has 2 aromatic rings. The third-order valence-corrected chi connectivity index (χ3v) is 4.34. The molecule has 1 fully saturated rings. The smallest absolute Gasteiger partial charge is 0.258 e. The highest BCUT2D eigenvalue weighted by molar-refractivity contribution is 6.39. The van der Waals surface area contributed by atoms with E-state index in [1.807, 2.05) is 0 Å². The first-order valence-corrected chi connectivity index (χ1v) is 6.95. The zero-order valence-electron chi connectivity index (χ0n) is 10.8. The van der Waals surface area contributed by atoms with Crippen LogP contribution in [0.15, 0.2) is 16.7 Å². The van der Waals surface area contributed by atoms with Crippen molar-refractivity contribution in [1.82, 2.24) is 10.1 Å². The van der Waals surface area contributed by atoms with Crippen LogP contribution in [0.1, 0.15) is 25.1 Å². The highest BCUT2D eigenvalue weighted by Gasteiger charge is 2.43. The molecule has 1 aliphatic carbocycles. The molecular formula is C13H13Cl2N3O2. The van der Waals surface area contributed by atoms with Crippen molar-refractivity contribution < 1.29 is 9.26 Å². The Bertz CT molecular complexity index is 624. The van der Waals surface area contributed by atoms with E-state index < -0.39 is 5.60 Å². The number of aromatic nitrogens is 2. The lowest BCUT2D eigenvalue weighted by Crippen LogP contribution is -2.37. The van der Waals surface area contributed by atoms with Crippen LogP contribution >= 0.6 is 23.2 Å². The molecule has 20 heavy (non-hydrogen) atoms. The number of nitrogen functional groups attached to an aromatic ring is 1. The molecule has 0 atom stereocenters. The number of methoxy groups -OCH3 is 1. The average Bonchev–Trinajstić information content (AvgIpc) is 2.85. The molecule has 0 unspecified atom stereocenters. The monoisotopic (exact) mass is 313 g/mol. The van der Waals surface area contributed by atoms with E-state index in [1.165, 1.54) is 0 Å². The maximum atomic E-state index is 6.01. The Morgan fingerprint density at radius 1 is 1.30 bits per heavy atom. The van der Waals surface area contributed by atoms with Crippen molar-refractivity contribution in [2.24, 2.45) is 0 Å². The van der Waals surface area contributed by atoms with Gasteiger partial charge in [-0.2, -0.15) is 4.98 Å². The number of ether oxygens (including phenoxy) is 1. The molecular weight excluding hydrogens is 301 g/mol. The van der Waals surface area contributed by atoms with Crippen LogP contribution in [0.5, 0.6) is 0 Å². The van der Waals surface area contributed by atoms with Gasteiger partial charge in [-0.3, -0.25) is 0 Å². The molecule has 5 nitrogen and oxygen atoms in total. The summed E-state index contributed by atoms with van der Waals surface area (Å²) in [6.07, 6.45) is 2.88. The molecule has 0 bridgehead atoms. The Labute approximate surface area is 126 Å². The highest BCUT2D eigenvalue weighted by Crippen LogP contribution is 2.43. The fourth-order valence-corrected chi connectivity index (χ4v) is 2.74. The van der Waals surface area contributed by atoms with E-state index >= 15 is 0 Å². The molecule has 1 aliphatic rings. The maximum absolute atomic E-state index is 6.01. The van der Waals surface area contributed by atoms with Crippen LogP contribution in [-0.2, 0) is 10.3 Å². The van der Waals surface area contributed by atoms with Crippen LogP contribution in [0.3, 0.4) is 0 Å². The van der Waals surface area contributed by atoms with E-state index in [0.29, 0.717) is 33.0 Å². The van der Waals surface area contributed by atoms with Crippen molar-refractivity contribution >= 4 is 28.9 Å². The first-order valence-electron chi connectivity index (χ1n) is 6.20. The number of hydrogen-bond donors (Lipinski definition) is 1. The summed E-state index contributed by atoms with van der Waals surface area (Å²) in [5.74, 6) is 0.914. The van der Waals surface area contributed by atoms with E-state index in [1.54, 1.807) is 19.2 Å². The van der Waals surface area contributed by atoms with Crippen molar-refractivity contribution in [2.45, 2.75) is 24.9 Å². The van der Waals surface area contributed by atoms with Crippen molar-refractivity contribution in [3.63, 3.8) is 0 Å². The summed E-state index contributed by atoms with van der Waals surface area (Å²) < 4.78 is 10.8. The maximum Gasteiger partial charge on any atom is 0.258 e. The van der Waals surface area contributed by atoms with Crippen molar-refractivity contribution in [3.05, 3.63) is 28.0 Å². The van der Waals surface area contributed by atoms with E-state index in [4.69, 9.17) is 38.2 Å². The van der Waals surface area contributed by atoms with Gasteiger partial charge in [-0.25, -0.2) is 0 Å². The summed E-state index contributed by atoms with van der Waals surface area (Å²) in [7, 11) is 1.66. The second-order valence-electron chi connectivity index (χ2n) is 4.83. The zero-order chi connectivity index (χ0) is 14.3. The summed E-state index contributed by atoms with van der Waals surface area (Å²) in [5.41, 5.74) is 6.27. The van der Waals surface area contributed by atoms with Gasteiger partial charge in [-0.1, -0.05) is 28.4 Å². The van der Waals surface area contributed by atoms with E-state index in [9.17, 15) is 0 Å². The molecule has 0 radical (unpaired) electrons. The fourth-order valence-electron chi connectivity index (χ4n) is 2.25. The summed E-state index contributed by atoms with van der Waals surface area (Å²) >= 11 is 12.0. The Morgan fingerprint density at radius 2 is 1.95 bits per heavy atom. The van der Waals surface area contributed by atoms with Gasteiger partial charge in [0, 0.05) is 12.7 Å². The van der Waals surface area contributed by atoms with Crippen LogP contribution in [0.4, 0.5) is 5.69 Å². The lowest BCUT2D eigenvalue weighted by molar-refractivity contribution is -0.0858. The van der Waals surface area contributed by atoms with Crippen LogP contribution in [0.2, 0.25) is 10.0 Å². The third kappa shape index (κ3) is 2.06. The second-order valence-corrected chi connectivity index (χ2v) is 5.64. The van der Waals surface area contributed by atoms with Crippen LogP contribution in [0.25, 0.3) is 11.5 Å². The number of rotatable bonds is 3. The molecule has 106 valence electrons. The Hall–Kier alpha value is -1.30. The Balaban J connectivity index is 1.98. The predicted molar refractivity (Wildman–Crippen MR) is 76.7 cm³/mol. The number of nitrogens with zero attached hydrogens (tertiary/aromatic N) is 2. The van der Waals surface area contributed by atoms with Gasteiger partial charge < -0.3 is 15.0 Å². The highest BCUT2D eigenvalue weighted by atomic mass is 35.5. The minimum atomic E-state index is -0.414. The lowest BCUT2D eigenvalue weighted by atomic mass is 9.79. The zero-order valence-corrected chi connectivity index (χ0v) is 12.3. The normalized spacial score (nSPS) is 16.9. The lowest BCUT2D eigenvalue weighted by Gasteiger charge is -2.37. The van der Waals surface area contributed by atoms with Gasteiger partial charge in [-0.05, 0) is 31.4 Å². The standard InChI is InChI=1S/C13H13Cl2N3O2/c1-19-13(3-2-4-13)12-17-11(20-18-12)7-5-8(14)10(16)9(15)6-7/h5-6H,2-4,16H2,1H3. The summed E-state index contributed by atoms with van der Waals surface area (Å²) in [5, 5.41) is 4.73. The molecule has 0 amide bonds. The molecule has 1 aromatic heterocycles. The molecule has 2 N–H and O–H groups in total. The van der Waals surface area contributed by atoms with Crippen LogP contribution < -0.4 is 5.73 Å². The molecule has 3 rings (SSSR count). The average molecular weight is 314 g/mol. The fraction of sp³-hybridized carbons (Fsp3) is 0.385. The molecule has 1 heterocycles. The van der Waals surface area contributed by atoms with E-state index in [2.05, 4.69) is 10.1 Å². The molecule has 0 saturated heterocycles. The van der Waals surface area contributed by atoms with Crippen LogP contribution in [-0.4, -0.2) is 17.3 Å². The number of hydrogen-bond acceptors (Lipinski definition) is 5. The molecule has 1 saturated carbocycles. The van der Waals surface area contributed by atoms with Gasteiger partial charge in [0.1, 0.15) is 5.60 Å². The molecule has 0 spiro atoms. The molecule has 0 aliphatic heterocycles. The third-order valence-electron chi connectivity index (χ3n) is 3.71. The van der Waals surface area contributed by atoms with E-state index in [-0.39, 0.29) is 0 Å². The molecule has 1 aromatic carbocycles. The number of nitrogens with two attached hydrogens (primary N) is 1. The number of anilines is 1. The molecule has 7 heteroatoms. The Morgan fingerprint density at radius 3 is 2.45 bits per heavy atom. The summed E-state index contributed by atoms with van der Waals surface area (Å²) in [6, 6.07) is 3.31. The van der Waals surface area contributed by atoms with Crippen LogP contribution in [0, 0.1) is 0 Å². The number of benzene rings is 1. The summed E-state index contributed by atoms with van der Waals surface area (Å²) in [6.45, 7) is 0. The minimum absolute atomic E-state index is 0.337. The van der Waals surface area contributed by atoms with E-state index in [0.717, 1.165) is 19.3 Å². The first kappa shape index (κ1) is 13.7. The number of halogens is 2. The minimum Gasteiger partial charge on any atom is -0.396 e. The van der Waals surface area contributed by atoms with Crippen molar-refractivity contribution in [2.75, 3.05) is 12.8 Å². The van der Waals surface area contributed by atoms with Gasteiger partial charge in [-0.15, -0.1) is 0 Å². The first-order chi connectivity index (χ1) is 9.55. The van der Waals surface area contributed by atoms with Gasteiger partial charge in [0.25, 0.3) is 5.89 Å². The van der Waals surface area contributed by atoms with Gasteiger partial charge in [0.2, 0.25) is 5.82 Å². The van der Waals surface area contributed by atoms with Gasteiger partial charge >= 0.3 is 0 Å². The quantitative estimate of drug-likeness (QED) is 0.875. The summed E-state index contributed by atoms with van der Waals surface area (Å²) in [4.78, 5) is 4.40. The SMILES string of the molecule is COC1(c2noc(-c3cc(Cl)c(N)c(Cl)c3)n2)CCC1. The Kier molecular flexibility index (Phi) is 3.36. The second kappa shape index (κ2) is 4.91. The van der Waals surface area contributed by atoms with Gasteiger partial charge in [0.05, 0.1) is 15.7 Å². The van der Waals surface area contributed by atoms with Crippen molar-refractivity contribution in [1.29, 1.82) is 0 Å². The topological polar surface area (TPSA) is 74.2 Å².